The molecule has 0 spiro atoms. The Kier molecular flexibility index (Phi) is 6.20. The molecule has 0 bridgehead atoms. The lowest BCUT2D eigenvalue weighted by Gasteiger charge is -2.11. The number of nitrogens with zero attached hydrogens (tertiary/aromatic N) is 2. The lowest BCUT2D eigenvalue weighted by Crippen LogP contribution is -2.11. The molecular weight excluding hydrogens is 276 g/mol. The summed E-state index contributed by atoms with van der Waals surface area (Å²) in [5, 5.41) is 14.7. The average molecular weight is 302 g/mol. The third kappa shape index (κ3) is 4.31. The fraction of sp³-hybridized carbons (Fsp3) is 0.786. The normalized spacial score (nSPS) is 13.7. The summed E-state index contributed by atoms with van der Waals surface area (Å²) in [6.45, 7) is 6.59. The Morgan fingerprint density at radius 3 is 2.35 bits per heavy atom. The highest BCUT2D eigenvalue weighted by Gasteiger charge is 2.20. The van der Waals surface area contributed by atoms with Gasteiger partial charge in [0, 0.05) is 24.1 Å². The second-order valence-electron chi connectivity index (χ2n) is 5.14. The van der Waals surface area contributed by atoms with Gasteiger partial charge in [-0.2, -0.15) is 5.10 Å². The van der Waals surface area contributed by atoms with Gasteiger partial charge in [0.05, 0.1) is 17.6 Å². The van der Waals surface area contributed by atoms with E-state index in [-0.39, 0.29) is 5.75 Å². The first-order chi connectivity index (χ1) is 9.34. The summed E-state index contributed by atoms with van der Waals surface area (Å²) in [7, 11) is -2.93. The van der Waals surface area contributed by atoms with Crippen LogP contribution in [0, 0.1) is 0 Å². The zero-order chi connectivity index (χ0) is 15.3. The van der Waals surface area contributed by atoms with Crippen molar-refractivity contribution in [3.8, 4) is 0 Å². The Morgan fingerprint density at radius 2 is 1.90 bits per heavy atom. The number of sulfone groups is 1. The Labute approximate surface area is 121 Å². The van der Waals surface area contributed by atoms with Gasteiger partial charge >= 0.3 is 0 Å². The summed E-state index contributed by atoms with van der Waals surface area (Å²) in [5.41, 5.74) is 2.90. The third-order valence-corrected chi connectivity index (χ3v) is 4.48. The molecule has 0 aliphatic rings. The molecule has 1 unspecified atom stereocenters. The molecule has 0 aliphatic carbocycles. The van der Waals surface area contributed by atoms with Crippen LogP contribution in [0.1, 0.15) is 56.7 Å². The Hall–Kier alpha value is -0.880. The predicted molar refractivity (Wildman–Crippen MR) is 80.6 cm³/mol. The van der Waals surface area contributed by atoms with Gasteiger partial charge < -0.3 is 5.11 Å². The molecule has 0 aliphatic heterocycles. The van der Waals surface area contributed by atoms with Crippen LogP contribution in [-0.4, -0.2) is 35.3 Å². The van der Waals surface area contributed by atoms with E-state index in [0.29, 0.717) is 19.4 Å². The number of hydrogen-bond acceptors (Lipinski definition) is 4. The van der Waals surface area contributed by atoms with Gasteiger partial charge in [0.25, 0.3) is 0 Å². The second kappa shape index (κ2) is 7.22. The van der Waals surface area contributed by atoms with E-state index in [9.17, 15) is 13.5 Å². The maximum absolute atomic E-state index is 11.2. The maximum atomic E-state index is 11.2. The minimum atomic E-state index is -2.93. The number of aryl methyl sites for hydroxylation is 2. The summed E-state index contributed by atoms with van der Waals surface area (Å²) in [6.07, 6.45) is 3.55. The highest BCUT2D eigenvalue weighted by Crippen LogP contribution is 2.26. The van der Waals surface area contributed by atoms with E-state index in [2.05, 4.69) is 5.10 Å². The molecule has 1 aromatic heterocycles. The van der Waals surface area contributed by atoms with E-state index in [1.807, 2.05) is 25.5 Å². The molecule has 20 heavy (non-hydrogen) atoms. The summed E-state index contributed by atoms with van der Waals surface area (Å²) in [6, 6.07) is 0. The summed E-state index contributed by atoms with van der Waals surface area (Å²) in [4.78, 5) is 0. The average Bonchev–Trinajstić information content (AvgIpc) is 2.74. The molecule has 0 aromatic carbocycles. The highest BCUT2D eigenvalue weighted by atomic mass is 32.2. The van der Waals surface area contributed by atoms with E-state index in [1.165, 1.54) is 6.26 Å². The summed E-state index contributed by atoms with van der Waals surface area (Å²) < 4.78 is 24.3. The van der Waals surface area contributed by atoms with E-state index in [4.69, 9.17) is 0 Å². The zero-order valence-electron chi connectivity index (χ0n) is 12.9. The van der Waals surface area contributed by atoms with Crippen molar-refractivity contribution in [3.63, 3.8) is 0 Å². The molecule has 1 aromatic rings. The number of aliphatic hydroxyl groups excluding tert-OH is 1. The molecule has 6 heteroatoms. The lowest BCUT2D eigenvalue weighted by molar-refractivity contribution is 0.171. The van der Waals surface area contributed by atoms with Gasteiger partial charge in [0.15, 0.2) is 0 Å². The van der Waals surface area contributed by atoms with Crippen LogP contribution in [-0.2, 0) is 29.2 Å². The number of hydrogen-bond donors (Lipinski definition) is 1. The molecule has 1 N–H and O–H groups in total. The highest BCUT2D eigenvalue weighted by molar-refractivity contribution is 7.90. The molecule has 1 heterocycles. The van der Waals surface area contributed by atoms with Gasteiger partial charge in [-0.05, 0) is 25.7 Å². The van der Waals surface area contributed by atoms with E-state index >= 15 is 0 Å². The SMILES string of the molecule is CCc1nn(CCCS(C)(=O)=O)c(CC)c1C(O)CC. The molecule has 0 saturated carbocycles. The minimum absolute atomic E-state index is 0.170. The van der Waals surface area contributed by atoms with Crippen LogP contribution < -0.4 is 0 Å². The van der Waals surface area contributed by atoms with E-state index in [1.54, 1.807) is 0 Å². The van der Waals surface area contributed by atoms with E-state index < -0.39 is 15.9 Å². The van der Waals surface area contributed by atoms with Crippen LogP contribution in [0.3, 0.4) is 0 Å². The molecule has 0 amide bonds. The third-order valence-electron chi connectivity index (χ3n) is 3.45. The molecule has 116 valence electrons. The van der Waals surface area contributed by atoms with Crippen LogP contribution in [0.25, 0.3) is 0 Å². The molecule has 0 saturated heterocycles. The van der Waals surface area contributed by atoms with Gasteiger partial charge in [-0.15, -0.1) is 0 Å². The Morgan fingerprint density at radius 1 is 1.25 bits per heavy atom. The van der Waals surface area contributed by atoms with Crippen LogP contribution in [0.5, 0.6) is 0 Å². The van der Waals surface area contributed by atoms with Crippen LogP contribution in [0.15, 0.2) is 0 Å². The van der Waals surface area contributed by atoms with E-state index in [0.717, 1.165) is 29.8 Å². The van der Waals surface area contributed by atoms with Crippen molar-refractivity contribution >= 4 is 9.84 Å². The van der Waals surface area contributed by atoms with Crippen LogP contribution in [0.4, 0.5) is 0 Å². The van der Waals surface area contributed by atoms with Crippen molar-refractivity contribution in [1.29, 1.82) is 0 Å². The van der Waals surface area contributed by atoms with Crippen molar-refractivity contribution in [2.45, 2.75) is 59.1 Å². The number of aromatic nitrogens is 2. The van der Waals surface area contributed by atoms with Gasteiger partial charge in [-0.25, -0.2) is 8.42 Å². The Bertz CT molecular complexity index is 535. The van der Waals surface area contributed by atoms with Crippen molar-refractivity contribution in [2.24, 2.45) is 0 Å². The molecule has 1 atom stereocenters. The van der Waals surface area contributed by atoms with Gasteiger partial charge in [-0.1, -0.05) is 20.8 Å². The first-order valence-electron chi connectivity index (χ1n) is 7.28. The van der Waals surface area contributed by atoms with Gasteiger partial charge in [-0.3, -0.25) is 4.68 Å². The van der Waals surface area contributed by atoms with Crippen molar-refractivity contribution in [3.05, 3.63) is 17.0 Å². The zero-order valence-corrected chi connectivity index (χ0v) is 13.7. The van der Waals surface area contributed by atoms with Gasteiger partial charge in [0.2, 0.25) is 0 Å². The largest absolute Gasteiger partial charge is 0.388 e. The topological polar surface area (TPSA) is 72.2 Å². The second-order valence-corrected chi connectivity index (χ2v) is 7.40. The molecule has 5 nitrogen and oxygen atoms in total. The standard InChI is InChI=1S/C14H26N2O3S/c1-5-11-14(13(17)7-3)12(6-2)16(15-11)9-8-10-20(4,18)19/h13,17H,5-10H2,1-4H3. The first-order valence-corrected chi connectivity index (χ1v) is 9.34. The monoisotopic (exact) mass is 302 g/mol. The summed E-state index contributed by atoms with van der Waals surface area (Å²) >= 11 is 0. The fourth-order valence-corrected chi connectivity index (χ4v) is 3.10. The number of rotatable bonds is 8. The fourth-order valence-electron chi connectivity index (χ4n) is 2.45. The molecular formula is C14H26N2O3S. The van der Waals surface area contributed by atoms with Gasteiger partial charge in [0.1, 0.15) is 9.84 Å². The quantitative estimate of drug-likeness (QED) is 0.796. The molecule has 1 rings (SSSR count). The first kappa shape index (κ1) is 17.2. The lowest BCUT2D eigenvalue weighted by atomic mass is 10.0. The molecule has 0 fully saturated rings. The number of aliphatic hydroxyl groups is 1. The predicted octanol–water partition coefficient (Wildman–Crippen LogP) is 1.89. The smallest absolute Gasteiger partial charge is 0.147 e. The summed E-state index contributed by atoms with van der Waals surface area (Å²) in [5.74, 6) is 0.170. The maximum Gasteiger partial charge on any atom is 0.147 e. The van der Waals surface area contributed by atoms with Crippen LogP contribution >= 0.6 is 0 Å². The van der Waals surface area contributed by atoms with Crippen molar-refractivity contribution < 1.29 is 13.5 Å². The van der Waals surface area contributed by atoms with Crippen molar-refractivity contribution in [1.82, 2.24) is 9.78 Å². The van der Waals surface area contributed by atoms with Crippen molar-refractivity contribution in [2.75, 3.05) is 12.0 Å². The van der Waals surface area contributed by atoms with Crippen LogP contribution in [0.2, 0.25) is 0 Å². The molecule has 0 radical (unpaired) electrons. The Balaban J connectivity index is 2.99. The minimum Gasteiger partial charge on any atom is -0.388 e.